The largest absolute Gasteiger partial charge is 0.481 e. The number of likely N-dealkylation sites (N-methyl/N-ethyl adjacent to an activating group) is 1. The molecule has 0 spiro atoms. The summed E-state index contributed by atoms with van der Waals surface area (Å²) in [5, 5.41) is 20.0. The minimum absolute atomic E-state index is 0.110. The summed E-state index contributed by atoms with van der Waals surface area (Å²) in [5.74, 6) is -1.44. The van der Waals surface area contributed by atoms with E-state index >= 15 is 0 Å². The Hall–Kier alpha value is -1.30. The lowest BCUT2D eigenvalue weighted by Crippen LogP contribution is -2.42. The highest BCUT2D eigenvalue weighted by Crippen LogP contribution is 2.05. The number of nitrogens with one attached hydrogen (secondary N) is 1. The molecule has 0 heterocycles. The van der Waals surface area contributed by atoms with E-state index in [0.717, 1.165) is 6.42 Å². The van der Waals surface area contributed by atoms with Crippen molar-refractivity contribution in [3.05, 3.63) is 0 Å². The Labute approximate surface area is 95.2 Å². The molecular formula is C10H20N2O4. The van der Waals surface area contributed by atoms with Gasteiger partial charge in [0.2, 0.25) is 0 Å². The normalized spacial score (nSPS) is 11.9. The van der Waals surface area contributed by atoms with Gasteiger partial charge in [0.05, 0.1) is 12.5 Å². The van der Waals surface area contributed by atoms with Gasteiger partial charge in [0, 0.05) is 20.1 Å². The minimum atomic E-state index is -0.896. The molecule has 1 atom stereocenters. The summed E-state index contributed by atoms with van der Waals surface area (Å²) in [6.45, 7) is 2.14. The predicted molar refractivity (Wildman–Crippen MR) is 59.1 cm³/mol. The van der Waals surface area contributed by atoms with Crippen LogP contribution in [-0.2, 0) is 4.79 Å². The first kappa shape index (κ1) is 14.7. The number of hydrogen-bond donors (Lipinski definition) is 3. The number of carboxylic acids is 1. The molecule has 0 aliphatic rings. The second-order valence-electron chi connectivity index (χ2n) is 3.66. The monoisotopic (exact) mass is 232 g/mol. The summed E-state index contributed by atoms with van der Waals surface area (Å²) >= 11 is 0. The molecule has 16 heavy (non-hydrogen) atoms. The van der Waals surface area contributed by atoms with Gasteiger partial charge in [-0.3, -0.25) is 4.79 Å². The number of nitrogens with zero attached hydrogens (tertiary/aromatic N) is 1. The van der Waals surface area contributed by atoms with Crippen LogP contribution < -0.4 is 5.32 Å². The van der Waals surface area contributed by atoms with E-state index in [0.29, 0.717) is 6.42 Å². The number of rotatable bonds is 7. The molecule has 0 aromatic rings. The third-order valence-corrected chi connectivity index (χ3v) is 2.27. The average molecular weight is 232 g/mol. The molecule has 0 aromatic carbocycles. The van der Waals surface area contributed by atoms with Crippen LogP contribution >= 0.6 is 0 Å². The number of hydrogen-bond acceptors (Lipinski definition) is 3. The molecule has 0 saturated carbocycles. The molecule has 0 aromatic heterocycles. The Balaban J connectivity index is 4.00. The zero-order valence-electron chi connectivity index (χ0n) is 9.77. The van der Waals surface area contributed by atoms with Crippen LogP contribution in [0.5, 0.6) is 0 Å². The molecule has 0 bridgehead atoms. The molecule has 0 radical (unpaired) electrons. The number of aliphatic carboxylic acids is 1. The van der Waals surface area contributed by atoms with Crippen LogP contribution in [-0.4, -0.2) is 53.9 Å². The van der Waals surface area contributed by atoms with Crippen molar-refractivity contribution in [3.63, 3.8) is 0 Å². The van der Waals surface area contributed by atoms with Crippen molar-refractivity contribution >= 4 is 12.0 Å². The van der Waals surface area contributed by atoms with Crippen molar-refractivity contribution in [1.29, 1.82) is 0 Å². The van der Waals surface area contributed by atoms with Crippen molar-refractivity contribution in [2.24, 2.45) is 5.92 Å². The lowest BCUT2D eigenvalue weighted by molar-refractivity contribution is -0.141. The molecular weight excluding hydrogens is 212 g/mol. The molecule has 3 N–H and O–H groups in total. The number of amides is 2. The lowest BCUT2D eigenvalue weighted by Gasteiger charge is -2.18. The van der Waals surface area contributed by atoms with Crippen LogP contribution in [0.15, 0.2) is 0 Å². The highest BCUT2D eigenvalue weighted by Gasteiger charge is 2.18. The Morgan fingerprint density at radius 2 is 2.06 bits per heavy atom. The molecule has 0 rings (SSSR count). The van der Waals surface area contributed by atoms with E-state index in [-0.39, 0.29) is 25.7 Å². The van der Waals surface area contributed by atoms with Crippen molar-refractivity contribution in [3.8, 4) is 0 Å². The lowest BCUT2D eigenvalue weighted by atomic mass is 10.0. The van der Waals surface area contributed by atoms with Gasteiger partial charge in [-0.15, -0.1) is 0 Å². The fourth-order valence-electron chi connectivity index (χ4n) is 1.26. The fraction of sp³-hybridized carbons (Fsp3) is 0.800. The van der Waals surface area contributed by atoms with Crippen LogP contribution in [0.2, 0.25) is 0 Å². The maximum Gasteiger partial charge on any atom is 0.317 e. The van der Waals surface area contributed by atoms with Gasteiger partial charge in [0.15, 0.2) is 0 Å². The molecule has 0 saturated heterocycles. The van der Waals surface area contributed by atoms with E-state index in [1.165, 1.54) is 4.90 Å². The molecule has 1 unspecified atom stereocenters. The van der Waals surface area contributed by atoms with Gasteiger partial charge in [0.1, 0.15) is 0 Å². The van der Waals surface area contributed by atoms with Gasteiger partial charge < -0.3 is 20.4 Å². The average Bonchev–Trinajstić information content (AvgIpc) is 2.23. The van der Waals surface area contributed by atoms with E-state index in [4.69, 9.17) is 10.2 Å². The second-order valence-corrected chi connectivity index (χ2v) is 3.66. The molecule has 0 fully saturated rings. The Morgan fingerprint density at radius 1 is 1.44 bits per heavy atom. The van der Waals surface area contributed by atoms with Crippen LogP contribution in [0.25, 0.3) is 0 Å². The SMILES string of the molecule is CCCC(CNC(=O)N(C)CCO)C(=O)O. The highest BCUT2D eigenvalue weighted by molar-refractivity contribution is 5.75. The highest BCUT2D eigenvalue weighted by atomic mass is 16.4. The van der Waals surface area contributed by atoms with Crippen LogP contribution in [0, 0.1) is 5.92 Å². The van der Waals surface area contributed by atoms with Gasteiger partial charge in [-0.2, -0.15) is 0 Å². The maximum absolute atomic E-state index is 11.4. The summed E-state index contributed by atoms with van der Waals surface area (Å²) in [6, 6.07) is -0.364. The van der Waals surface area contributed by atoms with Gasteiger partial charge in [-0.05, 0) is 6.42 Å². The maximum atomic E-state index is 11.4. The van der Waals surface area contributed by atoms with Crippen molar-refractivity contribution in [2.45, 2.75) is 19.8 Å². The number of carbonyl (C=O) groups is 2. The zero-order chi connectivity index (χ0) is 12.6. The topological polar surface area (TPSA) is 89.9 Å². The van der Waals surface area contributed by atoms with Gasteiger partial charge in [-0.25, -0.2) is 4.79 Å². The first-order valence-electron chi connectivity index (χ1n) is 5.35. The van der Waals surface area contributed by atoms with Crippen molar-refractivity contribution in [1.82, 2.24) is 10.2 Å². The summed E-state index contributed by atoms with van der Waals surface area (Å²) in [6.07, 6.45) is 1.30. The van der Waals surface area contributed by atoms with E-state index in [1.54, 1.807) is 7.05 Å². The molecule has 6 heteroatoms. The summed E-state index contributed by atoms with van der Waals surface area (Å²) < 4.78 is 0. The van der Waals surface area contributed by atoms with Crippen molar-refractivity contribution < 1.29 is 19.8 Å². The predicted octanol–water partition coefficient (Wildman–Crippen LogP) is 0.121. The number of urea groups is 1. The smallest absolute Gasteiger partial charge is 0.317 e. The van der Waals surface area contributed by atoms with Gasteiger partial charge in [-0.1, -0.05) is 13.3 Å². The fourth-order valence-corrected chi connectivity index (χ4v) is 1.26. The quantitative estimate of drug-likeness (QED) is 0.581. The van der Waals surface area contributed by atoms with E-state index in [1.807, 2.05) is 6.92 Å². The first-order valence-corrected chi connectivity index (χ1v) is 5.35. The minimum Gasteiger partial charge on any atom is -0.481 e. The molecule has 94 valence electrons. The van der Waals surface area contributed by atoms with E-state index in [2.05, 4.69) is 5.32 Å². The Kier molecular flexibility index (Phi) is 7.28. The van der Waals surface area contributed by atoms with Crippen LogP contribution in [0.1, 0.15) is 19.8 Å². The van der Waals surface area contributed by atoms with Gasteiger partial charge in [0.25, 0.3) is 0 Å². The summed E-state index contributed by atoms with van der Waals surface area (Å²) in [7, 11) is 1.54. The number of aliphatic hydroxyl groups excluding tert-OH is 1. The standard InChI is InChI=1S/C10H20N2O4/c1-3-4-8(9(14)15)7-11-10(16)12(2)5-6-13/h8,13H,3-7H2,1-2H3,(H,11,16)(H,14,15). The van der Waals surface area contributed by atoms with E-state index in [9.17, 15) is 9.59 Å². The summed E-state index contributed by atoms with van der Waals surface area (Å²) in [4.78, 5) is 23.5. The molecule has 6 nitrogen and oxygen atoms in total. The van der Waals surface area contributed by atoms with Crippen molar-refractivity contribution in [2.75, 3.05) is 26.7 Å². The number of carbonyl (C=O) groups excluding carboxylic acids is 1. The first-order chi connectivity index (χ1) is 7.52. The van der Waals surface area contributed by atoms with Gasteiger partial charge >= 0.3 is 12.0 Å². The summed E-state index contributed by atoms with van der Waals surface area (Å²) in [5.41, 5.74) is 0. The Bertz CT molecular complexity index is 233. The van der Waals surface area contributed by atoms with E-state index < -0.39 is 11.9 Å². The molecule has 0 aliphatic heterocycles. The molecule has 0 aliphatic carbocycles. The number of aliphatic hydroxyl groups is 1. The molecule has 2 amide bonds. The zero-order valence-corrected chi connectivity index (χ0v) is 9.77. The second kappa shape index (κ2) is 7.92. The third-order valence-electron chi connectivity index (χ3n) is 2.27. The number of carboxylic acid groups (broad SMARTS) is 1. The van der Waals surface area contributed by atoms with Crippen LogP contribution in [0.3, 0.4) is 0 Å². The third kappa shape index (κ3) is 5.55. The van der Waals surface area contributed by atoms with Crippen LogP contribution in [0.4, 0.5) is 4.79 Å². The Morgan fingerprint density at radius 3 is 2.50 bits per heavy atom.